The van der Waals surface area contributed by atoms with Crippen LogP contribution in [0.15, 0.2) is 4.52 Å². The molecule has 0 saturated heterocycles. The lowest BCUT2D eigenvalue weighted by molar-refractivity contribution is -0.140. The average Bonchev–Trinajstić information content (AvgIpc) is 2.87. The molecule has 0 aliphatic carbocycles. The minimum absolute atomic E-state index is 0.0105. The molecule has 1 atom stereocenters. The Morgan fingerprint density at radius 3 is 2.35 bits per heavy atom. The number of ether oxygens (including phenoxy) is 1. The van der Waals surface area contributed by atoms with Gasteiger partial charge in [0.2, 0.25) is 0 Å². The summed E-state index contributed by atoms with van der Waals surface area (Å²) in [6, 6.07) is -1.13. The molecule has 0 unspecified atom stereocenters. The summed E-state index contributed by atoms with van der Waals surface area (Å²) in [5, 5.41) is 21.5. The number of carboxylic acids is 2. The van der Waals surface area contributed by atoms with Gasteiger partial charge in [-0.3, -0.25) is 4.79 Å². The first-order chi connectivity index (χ1) is 10.9. The van der Waals surface area contributed by atoms with E-state index in [1.807, 2.05) is 13.8 Å². The van der Waals surface area contributed by atoms with Crippen LogP contribution >= 0.6 is 0 Å². The summed E-state index contributed by atoms with van der Waals surface area (Å²) in [5.41, 5.74) is 6.06. The van der Waals surface area contributed by atoms with E-state index in [0.717, 1.165) is 25.7 Å². The Morgan fingerprint density at radius 1 is 1.26 bits per heavy atom. The maximum atomic E-state index is 11.0. The van der Waals surface area contributed by atoms with Crippen LogP contribution in [0.3, 0.4) is 0 Å². The van der Waals surface area contributed by atoms with E-state index in [0.29, 0.717) is 11.3 Å². The van der Waals surface area contributed by atoms with E-state index >= 15 is 0 Å². The van der Waals surface area contributed by atoms with Gasteiger partial charge in [0.05, 0.1) is 5.56 Å². The summed E-state index contributed by atoms with van der Waals surface area (Å²) in [5.74, 6) is -1.66. The molecule has 0 amide bonds. The van der Waals surface area contributed by atoms with Gasteiger partial charge in [0.1, 0.15) is 11.8 Å². The summed E-state index contributed by atoms with van der Waals surface area (Å²) in [6.07, 6.45) is 3.56. The van der Waals surface area contributed by atoms with Crippen molar-refractivity contribution >= 4 is 11.9 Å². The number of carbonyl (C=O) groups is 2. The molecule has 1 heterocycles. The lowest BCUT2D eigenvalue weighted by Crippen LogP contribution is -2.32. The van der Waals surface area contributed by atoms with Crippen LogP contribution in [0.5, 0.6) is 5.88 Å². The standard InChI is InChI=1S/C15H24N2O6/c1-3-5-9(6-4-2)13-10(7-11(16)15(20)21)14(17-23-13)22-8-12(18)19/h9,11H,3-8,16H2,1-2H3,(H,18,19)(H,20,21)/t11-/m1/s1. The van der Waals surface area contributed by atoms with Gasteiger partial charge >= 0.3 is 11.9 Å². The molecule has 0 radical (unpaired) electrons. The number of carboxylic acid groups (broad SMARTS) is 2. The second kappa shape index (κ2) is 9.14. The molecule has 0 bridgehead atoms. The number of aromatic nitrogens is 1. The van der Waals surface area contributed by atoms with E-state index in [-0.39, 0.29) is 18.2 Å². The summed E-state index contributed by atoms with van der Waals surface area (Å²) in [6.45, 7) is 3.51. The van der Waals surface area contributed by atoms with Crippen molar-refractivity contribution in [2.24, 2.45) is 5.73 Å². The molecular formula is C15H24N2O6. The molecule has 0 spiro atoms. The fourth-order valence-corrected chi connectivity index (χ4v) is 2.47. The maximum absolute atomic E-state index is 11.0. The minimum atomic E-state index is -1.15. The van der Waals surface area contributed by atoms with Crippen molar-refractivity contribution in [3.8, 4) is 5.88 Å². The monoisotopic (exact) mass is 328 g/mol. The third-order valence-corrected chi connectivity index (χ3v) is 3.50. The van der Waals surface area contributed by atoms with Crippen molar-refractivity contribution in [3.63, 3.8) is 0 Å². The van der Waals surface area contributed by atoms with Gasteiger partial charge in [-0.25, -0.2) is 4.79 Å². The maximum Gasteiger partial charge on any atom is 0.341 e. The molecule has 130 valence electrons. The van der Waals surface area contributed by atoms with Crippen molar-refractivity contribution in [1.82, 2.24) is 5.16 Å². The van der Waals surface area contributed by atoms with Crippen LogP contribution in [0.4, 0.5) is 0 Å². The van der Waals surface area contributed by atoms with Gasteiger partial charge in [0.15, 0.2) is 6.61 Å². The summed E-state index contributed by atoms with van der Waals surface area (Å²) in [7, 11) is 0. The molecule has 0 fully saturated rings. The van der Waals surface area contributed by atoms with Gasteiger partial charge in [-0.2, -0.15) is 0 Å². The molecule has 23 heavy (non-hydrogen) atoms. The van der Waals surface area contributed by atoms with Crippen LogP contribution in [0, 0.1) is 0 Å². The molecule has 1 rings (SSSR count). The van der Waals surface area contributed by atoms with Crippen molar-refractivity contribution < 1.29 is 29.1 Å². The van der Waals surface area contributed by atoms with E-state index in [2.05, 4.69) is 5.16 Å². The van der Waals surface area contributed by atoms with E-state index in [1.54, 1.807) is 0 Å². The first-order valence-electron chi connectivity index (χ1n) is 7.72. The lowest BCUT2D eigenvalue weighted by Gasteiger charge is -2.15. The van der Waals surface area contributed by atoms with Crippen molar-refractivity contribution in [2.75, 3.05) is 6.61 Å². The van der Waals surface area contributed by atoms with Gasteiger partial charge in [0.25, 0.3) is 5.88 Å². The van der Waals surface area contributed by atoms with Crippen LogP contribution < -0.4 is 10.5 Å². The molecule has 4 N–H and O–H groups in total. The Kier molecular flexibility index (Phi) is 7.53. The van der Waals surface area contributed by atoms with E-state index < -0.39 is 24.6 Å². The molecule has 0 saturated carbocycles. The first-order valence-corrected chi connectivity index (χ1v) is 7.72. The number of nitrogens with zero attached hydrogens (tertiary/aromatic N) is 1. The van der Waals surface area contributed by atoms with Crippen molar-refractivity contribution in [1.29, 1.82) is 0 Å². The predicted octanol–water partition coefficient (Wildman–Crippen LogP) is 1.78. The zero-order valence-corrected chi connectivity index (χ0v) is 13.4. The quantitative estimate of drug-likeness (QED) is 0.559. The number of nitrogens with two attached hydrogens (primary N) is 1. The Hall–Kier alpha value is -2.09. The lowest BCUT2D eigenvalue weighted by atomic mass is 9.91. The van der Waals surface area contributed by atoms with Crippen molar-refractivity contribution in [2.45, 2.75) is 57.9 Å². The second-order valence-corrected chi connectivity index (χ2v) is 5.44. The Labute approximate surface area is 134 Å². The van der Waals surface area contributed by atoms with Crippen LogP contribution in [0.2, 0.25) is 0 Å². The highest BCUT2D eigenvalue weighted by Gasteiger charge is 2.27. The highest BCUT2D eigenvalue weighted by atomic mass is 16.5. The minimum Gasteiger partial charge on any atom is -0.480 e. The fraction of sp³-hybridized carbons (Fsp3) is 0.667. The van der Waals surface area contributed by atoms with E-state index in [9.17, 15) is 9.59 Å². The number of hydrogen-bond acceptors (Lipinski definition) is 6. The van der Waals surface area contributed by atoms with Gasteiger partial charge in [0, 0.05) is 12.3 Å². The van der Waals surface area contributed by atoms with E-state index in [1.165, 1.54) is 0 Å². The molecule has 8 heteroatoms. The molecule has 0 aliphatic heterocycles. The number of rotatable bonds is 11. The molecule has 1 aromatic rings. The third kappa shape index (κ3) is 5.55. The van der Waals surface area contributed by atoms with Gasteiger partial charge in [-0.1, -0.05) is 26.7 Å². The van der Waals surface area contributed by atoms with Crippen LogP contribution in [-0.4, -0.2) is 40.0 Å². The van der Waals surface area contributed by atoms with Crippen molar-refractivity contribution in [3.05, 3.63) is 11.3 Å². The van der Waals surface area contributed by atoms with E-state index in [4.69, 9.17) is 25.2 Å². The SMILES string of the molecule is CCCC(CCC)c1onc(OCC(=O)O)c1C[C@@H](N)C(=O)O. The fourth-order valence-electron chi connectivity index (χ4n) is 2.47. The van der Waals surface area contributed by atoms with Crippen LogP contribution in [0.1, 0.15) is 56.8 Å². The highest BCUT2D eigenvalue weighted by Crippen LogP contribution is 2.34. The highest BCUT2D eigenvalue weighted by molar-refractivity contribution is 5.73. The summed E-state index contributed by atoms with van der Waals surface area (Å²) < 4.78 is 10.5. The molecule has 0 aliphatic rings. The largest absolute Gasteiger partial charge is 0.480 e. The van der Waals surface area contributed by atoms with Crippen LogP contribution in [-0.2, 0) is 16.0 Å². The molecular weight excluding hydrogens is 304 g/mol. The average molecular weight is 328 g/mol. The van der Waals surface area contributed by atoms with Crippen LogP contribution in [0.25, 0.3) is 0 Å². The normalized spacial score (nSPS) is 12.3. The topological polar surface area (TPSA) is 136 Å². The summed E-state index contributed by atoms with van der Waals surface area (Å²) >= 11 is 0. The van der Waals surface area contributed by atoms with Gasteiger partial charge < -0.3 is 25.2 Å². The Balaban J connectivity index is 3.11. The zero-order chi connectivity index (χ0) is 17.4. The Bertz CT molecular complexity index is 522. The molecule has 1 aromatic heterocycles. The molecule has 8 nitrogen and oxygen atoms in total. The number of hydrogen-bond donors (Lipinski definition) is 3. The van der Waals surface area contributed by atoms with Gasteiger partial charge in [-0.05, 0) is 18.0 Å². The summed E-state index contributed by atoms with van der Waals surface area (Å²) in [4.78, 5) is 21.7. The molecule has 0 aromatic carbocycles. The smallest absolute Gasteiger partial charge is 0.341 e. The zero-order valence-electron chi connectivity index (χ0n) is 13.4. The first kappa shape index (κ1) is 19.0. The third-order valence-electron chi connectivity index (χ3n) is 3.50. The predicted molar refractivity (Wildman–Crippen MR) is 81.5 cm³/mol. The Morgan fingerprint density at radius 2 is 1.87 bits per heavy atom. The number of aliphatic carboxylic acids is 2. The van der Waals surface area contributed by atoms with Gasteiger partial charge in [-0.15, -0.1) is 0 Å². The second-order valence-electron chi connectivity index (χ2n) is 5.44.